The van der Waals surface area contributed by atoms with Gasteiger partial charge < -0.3 is 5.11 Å². The molecule has 0 bridgehead atoms. The Kier molecular flexibility index (Phi) is 5.54. The van der Waals surface area contributed by atoms with Gasteiger partial charge in [0.15, 0.2) is 0 Å². The molecule has 1 atom stereocenters. The Hall–Kier alpha value is -1.38. The van der Waals surface area contributed by atoms with Gasteiger partial charge in [-0.3, -0.25) is 9.78 Å². The van der Waals surface area contributed by atoms with Crippen LogP contribution in [-0.2, 0) is 4.79 Å². The van der Waals surface area contributed by atoms with E-state index in [1.165, 1.54) is 12.8 Å². The Bertz CT molecular complexity index is 311. The number of unbranched alkanes of at least 4 members (excludes halogenated alkanes) is 3. The molecule has 88 valence electrons. The maximum Gasteiger partial charge on any atom is 0.311 e. The van der Waals surface area contributed by atoms with Gasteiger partial charge in [-0.15, -0.1) is 0 Å². The van der Waals surface area contributed by atoms with Crippen LogP contribution in [0.25, 0.3) is 0 Å². The molecule has 1 N–H and O–H groups in total. The summed E-state index contributed by atoms with van der Waals surface area (Å²) in [4.78, 5) is 15.1. The number of carboxylic acid groups (broad SMARTS) is 1. The van der Waals surface area contributed by atoms with Gasteiger partial charge in [-0.2, -0.15) is 0 Å². The maximum absolute atomic E-state index is 11.1. The minimum Gasteiger partial charge on any atom is -0.481 e. The van der Waals surface area contributed by atoms with Gasteiger partial charge in [-0.05, 0) is 18.1 Å². The number of aliphatic carboxylic acids is 1. The van der Waals surface area contributed by atoms with Crippen LogP contribution in [0, 0.1) is 0 Å². The highest BCUT2D eigenvalue weighted by Gasteiger charge is 2.18. The lowest BCUT2D eigenvalue weighted by molar-refractivity contribution is -0.139. The van der Waals surface area contributed by atoms with Crippen molar-refractivity contribution in [3.8, 4) is 0 Å². The number of hydrogen-bond acceptors (Lipinski definition) is 2. The van der Waals surface area contributed by atoms with Crippen molar-refractivity contribution in [3.05, 3.63) is 30.1 Å². The molecule has 0 amide bonds. The number of aromatic nitrogens is 1. The highest BCUT2D eigenvalue weighted by Crippen LogP contribution is 2.22. The van der Waals surface area contributed by atoms with Gasteiger partial charge in [0.05, 0.1) is 5.92 Å². The van der Waals surface area contributed by atoms with E-state index in [1.807, 2.05) is 6.07 Å². The average Bonchev–Trinajstić information content (AvgIpc) is 2.30. The number of rotatable bonds is 7. The fourth-order valence-corrected chi connectivity index (χ4v) is 1.79. The second-order valence-corrected chi connectivity index (χ2v) is 4.03. The molecule has 1 unspecified atom stereocenters. The van der Waals surface area contributed by atoms with E-state index in [0.29, 0.717) is 6.42 Å². The normalized spacial score (nSPS) is 12.3. The molecule has 0 aliphatic carbocycles. The first kappa shape index (κ1) is 12.7. The first-order valence-corrected chi connectivity index (χ1v) is 5.88. The van der Waals surface area contributed by atoms with Gasteiger partial charge in [0, 0.05) is 12.4 Å². The zero-order chi connectivity index (χ0) is 11.8. The van der Waals surface area contributed by atoms with E-state index in [2.05, 4.69) is 11.9 Å². The number of carbonyl (C=O) groups is 1. The van der Waals surface area contributed by atoms with Gasteiger partial charge in [-0.25, -0.2) is 0 Å². The molecule has 3 nitrogen and oxygen atoms in total. The summed E-state index contributed by atoms with van der Waals surface area (Å²) in [6.07, 6.45) is 8.46. The quantitative estimate of drug-likeness (QED) is 0.719. The van der Waals surface area contributed by atoms with Crippen LogP contribution in [-0.4, -0.2) is 16.1 Å². The van der Waals surface area contributed by atoms with E-state index >= 15 is 0 Å². The van der Waals surface area contributed by atoms with E-state index in [4.69, 9.17) is 5.11 Å². The second kappa shape index (κ2) is 6.99. The van der Waals surface area contributed by atoms with Crippen molar-refractivity contribution < 1.29 is 9.90 Å². The van der Waals surface area contributed by atoms with Crippen molar-refractivity contribution in [2.24, 2.45) is 0 Å². The molecule has 0 spiro atoms. The van der Waals surface area contributed by atoms with Crippen LogP contribution in [0.15, 0.2) is 24.5 Å². The zero-order valence-electron chi connectivity index (χ0n) is 9.72. The molecule has 1 aromatic rings. The summed E-state index contributed by atoms with van der Waals surface area (Å²) in [5, 5.41) is 9.16. The lowest BCUT2D eigenvalue weighted by Gasteiger charge is -2.11. The molecule has 16 heavy (non-hydrogen) atoms. The molecule has 3 heteroatoms. The lowest BCUT2D eigenvalue weighted by Crippen LogP contribution is -2.11. The van der Waals surface area contributed by atoms with Crippen LogP contribution in [0.4, 0.5) is 0 Å². The number of carboxylic acids is 1. The zero-order valence-corrected chi connectivity index (χ0v) is 9.72. The standard InChI is InChI=1S/C13H19NO2/c1-2-3-4-5-8-12(13(15)16)11-7-6-9-14-10-11/h6-7,9-10,12H,2-5,8H2,1H3,(H,15,16). The molecule has 0 saturated carbocycles. The predicted octanol–water partition coefficient (Wildman–Crippen LogP) is 3.22. The minimum absolute atomic E-state index is 0.398. The highest BCUT2D eigenvalue weighted by molar-refractivity contribution is 5.75. The van der Waals surface area contributed by atoms with E-state index in [9.17, 15) is 4.79 Å². The van der Waals surface area contributed by atoms with Crippen molar-refractivity contribution in [1.82, 2.24) is 4.98 Å². The van der Waals surface area contributed by atoms with E-state index in [-0.39, 0.29) is 0 Å². The van der Waals surface area contributed by atoms with Crippen LogP contribution < -0.4 is 0 Å². The van der Waals surface area contributed by atoms with Crippen LogP contribution in [0.1, 0.15) is 50.5 Å². The molecule has 0 aromatic carbocycles. The van der Waals surface area contributed by atoms with Gasteiger partial charge in [0.25, 0.3) is 0 Å². The monoisotopic (exact) mass is 221 g/mol. The summed E-state index contributed by atoms with van der Waals surface area (Å²) >= 11 is 0. The Balaban J connectivity index is 2.52. The lowest BCUT2D eigenvalue weighted by atomic mass is 9.94. The third-order valence-electron chi connectivity index (χ3n) is 2.73. The maximum atomic E-state index is 11.1. The van der Waals surface area contributed by atoms with Gasteiger partial charge in [0.1, 0.15) is 0 Å². The van der Waals surface area contributed by atoms with Crippen LogP contribution in [0.5, 0.6) is 0 Å². The Morgan fingerprint density at radius 3 is 2.81 bits per heavy atom. The summed E-state index contributed by atoms with van der Waals surface area (Å²) in [6, 6.07) is 3.63. The van der Waals surface area contributed by atoms with E-state index < -0.39 is 11.9 Å². The largest absolute Gasteiger partial charge is 0.481 e. The van der Waals surface area contributed by atoms with Crippen molar-refractivity contribution in [1.29, 1.82) is 0 Å². The SMILES string of the molecule is CCCCCCC(C(=O)O)c1cccnc1. The minimum atomic E-state index is -0.746. The van der Waals surface area contributed by atoms with Crippen LogP contribution >= 0.6 is 0 Å². The topological polar surface area (TPSA) is 50.2 Å². The van der Waals surface area contributed by atoms with Crippen LogP contribution in [0.3, 0.4) is 0 Å². The molecule has 0 fully saturated rings. The molecule has 0 aliphatic rings. The molecule has 0 saturated heterocycles. The average molecular weight is 221 g/mol. The Labute approximate surface area is 96.5 Å². The van der Waals surface area contributed by atoms with Crippen molar-refractivity contribution in [2.45, 2.75) is 44.9 Å². The number of pyridine rings is 1. The highest BCUT2D eigenvalue weighted by atomic mass is 16.4. The number of hydrogen-bond donors (Lipinski definition) is 1. The summed E-state index contributed by atoms with van der Waals surface area (Å²) in [6.45, 7) is 2.15. The van der Waals surface area contributed by atoms with Gasteiger partial charge in [-0.1, -0.05) is 38.7 Å². The summed E-state index contributed by atoms with van der Waals surface area (Å²) in [7, 11) is 0. The van der Waals surface area contributed by atoms with Gasteiger partial charge >= 0.3 is 5.97 Å². The molecule has 1 rings (SSSR count). The summed E-state index contributed by atoms with van der Waals surface area (Å²) in [5.74, 6) is -1.14. The third kappa shape index (κ3) is 4.01. The van der Waals surface area contributed by atoms with Gasteiger partial charge in [0.2, 0.25) is 0 Å². The smallest absolute Gasteiger partial charge is 0.311 e. The first-order chi connectivity index (χ1) is 7.75. The number of nitrogens with zero attached hydrogens (tertiary/aromatic N) is 1. The predicted molar refractivity (Wildman–Crippen MR) is 63.4 cm³/mol. The van der Waals surface area contributed by atoms with E-state index in [1.54, 1.807) is 18.5 Å². The first-order valence-electron chi connectivity index (χ1n) is 5.88. The Morgan fingerprint density at radius 1 is 1.44 bits per heavy atom. The van der Waals surface area contributed by atoms with Crippen molar-refractivity contribution in [3.63, 3.8) is 0 Å². The molecular formula is C13H19NO2. The fourth-order valence-electron chi connectivity index (χ4n) is 1.79. The summed E-state index contributed by atoms with van der Waals surface area (Å²) < 4.78 is 0. The van der Waals surface area contributed by atoms with Crippen molar-refractivity contribution in [2.75, 3.05) is 0 Å². The molecular weight excluding hydrogens is 202 g/mol. The summed E-state index contributed by atoms with van der Waals surface area (Å²) in [5.41, 5.74) is 0.812. The molecule has 0 radical (unpaired) electrons. The molecule has 1 aromatic heterocycles. The molecule has 0 aliphatic heterocycles. The van der Waals surface area contributed by atoms with Crippen LogP contribution in [0.2, 0.25) is 0 Å². The fraction of sp³-hybridized carbons (Fsp3) is 0.538. The van der Waals surface area contributed by atoms with Crippen molar-refractivity contribution >= 4 is 5.97 Å². The Morgan fingerprint density at radius 2 is 2.25 bits per heavy atom. The third-order valence-corrected chi connectivity index (χ3v) is 2.73. The second-order valence-electron chi connectivity index (χ2n) is 4.03. The van der Waals surface area contributed by atoms with E-state index in [0.717, 1.165) is 18.4 Å². The molecule has 1 heterocycles.